The van der Waals surface area contributed by atoms with E-state index in [1.807, 2.05) is 6.92 Å². The van der Waals surface area contributed by atoms with E-state index < -0.39 is 5.82 Å². The number of amides is 2. The molecule has 142 valence electrons. The van der Waals surface area contributed by atoms with E-state index in [4.69, 9.17) is 9.47 Å². The molecule has 0 bridgehead atoms. The molecular weight excluding hydrogens is 351 g/mol. The minimum Gasteiger partial charge on any atom is -0.494 e. The van der Waals surface area contributed by atoms with E-state index >= 15 is 0 Å². The van der Waals surface area contributed by atoms with E-state index in [0.717, 1.165) is 5.75 Å². The summed E-state index contributed by atoms with van der Waals surface area (Å²) in [6.07, 6.45) is 0.172. The molecule has 1 atom stereocenters. The molecule has 6 nitrogen and oxygen atoms in total. The summed E-state index contributed by atoms with van der Waals surface area (Å²) in [7, 11) is 0. The van der Waals surface area contributed by atoms with Crippen molar-refractivity contribution in [2.75, 3.05) is 24.7 Å². The molecule has 7 heteroatoms. The molecule has 1 fully saturated rings. The summed E-state index contributed by atoms with van der Waals surface area (Å²) in [6.45, 7) is 2.63. The number of halogens is 1. The van der Waals surface area contributed by atoms with Crippen LogP contribution in [0.5, 0.6) is 11.5 Å². The van der Waals surface area contributed by atoms with Gasteiger partial charge in [0.1, 0.15) is 17.3 Å². The lowest BCUT2D eigenvalue weighted by Crippen LogP contribution is -2.39. The summed E-state index contributed by atoms with van der Waals surface area (Å²) in [4.78, 5) is 25.7. The summed E-state index contributed by atoms with van der Waals surface area (Å²) in [5, 5.41) is 2.78. The van der Waals surface area contributed by atoms with Crippen LogP contribution in [0.25, 0.3) is 0 Å². The molecule has 3 rings (SSSR count). The van der Waals surface area contributed by atoms with Gasteiger partial charge in [0.15, 0.2) is 6.61 Å². The molecule has 0 unspecified atom stereocenters. The quantitative estimate of drug-likeness (QED) is 0.811. The number of nitrogens with one attached hydrogen (secondary N) is 1. The van der Waals surface area contributed by atoms with Gasteiger partial charge in [-0.1, -0.05) is 6.07 Å². The van der Waals surface area contributed by atoms with E-state index in [1.54, 1.807) is 36.4 Å². The van der Waals surface area contributed by atoms with Gasteiger partial charge in [-0.25, -0.2) is 4.39 Å². The highest BCUT2D eigenvalue weighted by molar-refractivity contribution is 5.96. The number of anilines is 1. The van der Waals surface area contributed by atoms with E-state index in [9.17, 15) is 14.0 Å². The van der Waals surface area contributed by atoms with Gasteiger partial charge in [-0.2, -0.15) is 0 Å². The van der Waals surface area contributed by atoms with Crippen LogP contribution in [-0.4, -0.2) is 37.6 Å². The fourth-order valence-corrected chi connectivity index (χ4v) is 2.91. The highest BCUT2D eigenvalue weighted by Gasteiger charge is 2.31. The Morgan fingerprint density at radius 2 is 1.89 bits per heavy atom. The smallest absolute Gasteiger partial charge is 0.258 e. The highest BCUT2D eigenvalue weighted by atomic mass is 19.1. The molecule has 1 heterocycles. The third kappa shape index (κ3) is 4.97. The third-order valence-electron chi connectivity index (χ3n) is 4.11. The molecule has 2 aromatic carbocycles. The first kappa shape index (κ1) is 18.7. The summed E-state index contributed by atoms with van der Waals surface area (Å²) in [5.74, 6) is 0.409. The second kappa shape index (κ2) is 8.53. The minimum absolute atomic E-state index is 0.154. The largest absolute Gasteiger partial charge is 0.494 e. The van der Waals surface area contributed by atoms with Crippen LogP contribution in [0, 0.1) is 5.82 Å². The fourth-order valence-electron chi connectivity index (χ4n) is 2.91. The Morgan fingerprint density at radius 3 is 2.56 bits per heavy atom. The first-order valence-electron chi connectivity index (χ1n) is 8.76. The zero-order valence-corrected chi connectivity index (χ0v) is 15.0. The second-order valence-corrected chi connectivity index (χ2v) is 6.15. The maximum atomic E-state index is 13.4. The van der Waals surface area contributed by atoms with Gasteiger partial charge in [-0.15, -0.1) is 0 Å². The molecule has 0 radical (unpaired) electrons. The lowest BCUT2D eigenvalue weighted by atomic mass is 10.2. The first-order valence-corrected chi connectivity index (χ1v) is 8.76. The Kier molecular flexibility index (Phi) is 5.90. The van der Waals surface area contributed by atoms with Crippen LogP contribution in [0.15, 0.2) is 48.5 Å². The molecule has 2 aromatic rings. The highest BCUT2D eigenvalue weighted by Crippen LogP contribution is 2.22. The van der Waals surface area contributed by atoms with Crippen molar-refractivity contribution in [2.24, 2.45) is 0 Å². The fraction of sp³-hybridized carbons (Fsp3) is 0.300. The number of ether oxygens (including phenoxy) is 2. The number of hydrogen-bond acceptors (Lipinski definition) is 4. The summed E-state index contributed by atoms with van der Waals surface area (Å²) in [6, 6.07) is 12.5. The molecule has 0 spiro atoms. The van der Waals surface area contributed by atoms with Gasteiger partial charge in [0.2, 0.25) is 5.91 Å². The van der Waals surface area contributed by atoms with Gasteiger partial charge < -0.3 is 19.7 Å². The predicted octanol–water partition coefficient (Wildman–Crippen LogP) is 2.52. The number of carbonyl (C=O) groups is 2. The van der Waals surface area contributed by atoms with Crippen molar-refractivity contribution in [3.8, 4) is 11.5 Å². The van der Waals surface area contributed by atoms with E-state index in [2.05, 4.69) is 5.32 Å². The molecule has 1 aliphatic heterocycles. The van der Waals surface area contributed by atoms with Crippen molar-refractivity contribution in [3.05, 3.63) is 54.3 Å². The number of benzene rings is 2. The number of nitrogens with zero attached hydrogens (tertiary/aromatic N) is 1. The summed E-state index contributed by atoms with van der Waals surface area (Å²) in [5.41, 5.74) is 0.488. The van der Waals surface area contributed by atoms with Gasteiger partial charge in [0.05, 0.1) is 12.6 Å². The Labute approximate surface area is 156 Å². The maximum absolute atomic E-state index is 13.4. The number of rotatable bonds is 7. The Hall–Kier alpha value is -3.09. The van der Waals surface area contributed by atoms with Crippen LogP contribution in [-0.2, 0) is 9.59 Å². The van der Waals surface area contributed by atoms with E-state index in [1.165, 1.54) is 17.0 Å². The number of carbonyl (C=O) groups excluding carboxylic acids is 2. The Morgan fingerprint density at radius 1 is 1.19 bits per heavy atom. The topological polar surface area (TPSA) is 67.9 Å². The van der Waals surface area contributed by atoms with Crippen molar-refractivity contribution in [3.63, 3.8) is 0 Å². The van der Waals surface area contributed by atoms with Crippen LogP contribution in [0.1, 0.15) is 13.3 Å². The van der Waals surface area contributed by atoms with Gasteiger partial charge in [-0.3, -0.25) is 9.59 Å². The van der Waals surface area contributed by atoms with Crippen molar-refractivity contribution >= 4 is 17.5 Å². The SMILES string of the molecule is CCOc1ccc(OCC(=O)N[C@H]2CC(=O)N(c3cccc(F)c3)C2)cc1. The summed E-state index contributed by atoms with van der Waals surface area (Å²) >= 11 is 0. The van der Waals surface area contributed by atoms with Crippen molar-refractivity contribution < 1.29 is 23.5 Å². The van der Waals surface area contributed by atoms with Crippen molar-refractivity contribution in [1.82, 2.24) is 5.32 Å². The Bertz CT molecular complexity index is 810. The first-order chi connectivity index (χ1) is 13.0. The average Bonchev–Trinajstić information content (AvgIpc) is 3.01. The van der Waals surface area contributed by atoms with Crippen LogP contribution in [0.3, 0.4) is 0 Å². The van der Waals surface area contributed by atoms with Crippen molar-refractivity contribution in [2.45, 2.75) is 19.4 Å². The monoisotopic (exact) mass is 372 g/mol. The molecule has 1 N–H and O–H groups in total. The summed E-state index contributed by atoms with van der Waals surface area (Å²) < 4.78 is 24.1. The molecule has 1 aliphatic rings. The normalized spacial score (nSPS) is 16.3. The van der Waals surface area contributed by atoms with Crippen LogP contribution in [0.2, 0.25) is 0 Å². The van der Waals surface area contributed by atoms with Gasteiger partial charge in [0.25, 0.3) is 5.91 Å². The van der Waals surface area contributed by atoms with Gasteiger partial charge in [0, 0.05) is 18.7 Å². The van der Waals surface area contributed by atoms with Gasteiger partial charge >= 0.3 is 0 Å². The Balaban J connectivity index is 1.49. The standard InChI is InChI=1S/C20H21FN2O4/c1-2-26-17-6-8-18(9-7-17)27-13-19(24)22-15-11-20(25)23(12-15)16-5-3-4-14(21)10-16/h3-10,15H,2,11-13H2,1H3,(H,22,24)/t15-/m0/s1. The maximum Gasteiger partial charge on any atom is 0.258 e. The van der Waals surface area contributed by atoms with Crippen LogP contribution < -0.4 is 19.7 Å². The van der Waals surface area contributed by atoms with Crippen molar-refractivity contribution in [1.29, 1.82) is 0 Å². The molecule has 2 amide bonds. The minimum atomic E-state index is -0.406. The predicted molar refractivity (Wildman–Crippen MR) is 98.4 cm³/mol. The van der Waals surface area contributed by atoms with Gasteiger partial charge in [-0.05, 0) is 49.4 Å². The molecule has 0 aliphatic carbocycles. The zero-order chi connectivity index (χ0) is 19.2. The lowest BCUT2D eigenvalue weighted by molar-refractivity contribution is -0.123. The van der Waals surface area contributed by atoms with E-state index in [-0.39, 0.29) is 30.9 Å². The second-order valence-electron chi connectivity index (χ2n) is 6.15. The van der Waals surface area contributed by atoms with Crippen LogP contribution >= 0.6 is 0 Å². The molecule has 27 heavy (non-hydrogen) atoms. The lowest BCUT2D eigenvalue weighted by Gasteiger charge is -2.17. The zero-order valence-electron chi connectivity index (χ0n) is 15.0. The van der Waals surface area contributed by atoms with Crippen LogP contribution in [0.4, 0.5) is 10.1 Å². The third-order valence-corrected chi connectivity index (χ3v) is 4.11. The molecule has 0 aromatic heterocycles. The number of hydrogen-bond donors (Lipinski definition) is 1. The molecule has 0 saturated carbocycles. The van der Waals surface area contributed by atoms with E-state index in [0.29, 0.717) is 24.6 Å². The molecule has 1 saturated heterocycles. The average molecular weight is 372 g/mol. The molecular formula is C20H21FN2O4.